The molecule has 2 aromatic rings. The fourth-order valence-electron chi connectivity index (χ4n) is 1.69. The van der Waals surface area contributed by atoms with Crippen molar-refractivity contribution in [1.82, 2.24) is 10.2 Å². The van der Waals surface area contributed by atoms with Crippen molar-refractivity contribution in [2.45, 2.75) is 20.4 Å². The summed E-state index contributed by atoms with van der Waals surface area (Å²) in [6.45, 7) is 3.98. The zero-order chi connectivity index (χ0) is 14.0. The first kappa shape index (κ1) is 13.1. The van der Waals surface area contributed by atoms with Gasteiger partial charge in [-0.25, -0.2) is 0 Å². The first-order valence-electron chi connectivity index (χ1n) is 5.87. The maximum atomic E-state index is 11.9. The third-order valence-electron chi connectivity index (χ3n) is 2.98. The third-order valence-corrected chi connectivity index (χ3v) is 2.98. The van der Waals surface area contributed by atoms with Gasteiger partial charge in [0.15, 0.2) is 5.69 Å². The molecule has 1 aromatic carbocycles. The lowest BCUT2D eigenvalue weighted by atomic mass is 10.1. The number of phenols is 1. The number of hydrogen-bond donors (Lipinski definition) is 4. The number of carbonyl (C=O) groups is 1. The van der Waals surface area contributed by atoms with Gasteiger partial charge in [-0.1, -0.05) is 0 Å². The summed E-state index contributed by atoms with van der Waals surface area (Å²) < 4.78 is 0. The highest BCUT2D eigenvalue weighted by Gasteiger charge is 2.11. The number of carbonyl (C=O) groups excluding carboxylic acids is 1. The smallest absolute Gasteiger partial charge is 0.276 e. The Morgan fingerprint density at radius 3 is 2.74 bits per heavy atom. The largest absolute Gasteiger partial charge is 0.508 e. The minimum Gasteiger partial charge on any atom is -0.508 e. The molecule has 0 unspecified atom stereocenters. The molecule has 6 nitrogen and oxygen atoms in total. The molecule has 0 aliphatic heterocycles. The van der Waals surface area contributed by atoms with E-state index in [0.717, 1.165) is 11.1 Å². The van der Waals surface area contributed by atoms with Gasteiger partial charge in [-0.05, 0) is 37.1 Å². The van der Waals surface area contributed by atoms with E-state index in [1.165, 1.54) is 6.07 Å². The Bertz CT molecular complexity index is 596. The molecule has 19 heavy (non-hydrogen) atoms. The molecule has 100 valence electrons. The van der Waals surface area contributed by atoms with Crippen LogP contribution in [0.25, 0.3) is 0 Å². The maximum Gasteiger partial charge on any atom is 0.276 e. The van der Waals surface area contributed by atoms with Gasteiger partial charge in [-0.15, -0.1) is 0 Å². The number of aromatic amines is 1. The lowest BCUT2D eigenvalue weighted by Crippen LogP contribution is -2.12. The van der Waals surface area contributed by atoms with Crippen molar-refractivity contribution in [3.63, 3.8) is 0 Å². The van der Waals surface area contributed by atoms with Crippen LogP contribution in [0.15, 0.2) is 18.2 Å². The molecule has 0 aliphatic carbocycles. The van der Waals surface area contributed by atoms with Crippen molar-refractivity contribution in [2.75, 3.05) is 5.32 Å². The SMILES string of the molecule is Cc1cc(NC(=O)c2cc(CN)[nH]n2)cc(O)c1C. The molecule has 1 heterocycles. The van der Waals surface area contributed by atoms with E-state index < -0.39 is 0 Å². The molecule has 0 fully saturated rings. The maximum absolute atomic E-state index is 11.9. The molecule has 2 rings (SSSR count). The number of rotatable bonds is 3. The van der Waals surface area contributed by atoms with Gasteiger partial charge >= 0.3 is 0 Å². The normalized spacial score (nSPS) is 10.5. The Morgan fingerprint density at radius 2 is 2.16 bits per heavy atom. The van der Waals surface area contributed by atoms with Gasteiger partial charge in [0.05, 0.1) is 0 Å². The fraction of sp³-hybridized carbons (Fsp3) is 0.231. The molecule has 0 atom stereocenters. The summed E-state index contributed by atoms with van der Waals surface area (Å²) in [6, 6.07) is 4.90. The summed E-state index contributed by atoms with van der Waals surface area (Å²) in [5, 5.41) is 18.9. The predicted molar refractivity (Wildman–Crippen MR) is 72.0 cm³/mol. The number of anilines is 1. The number of aryl methyl sites for hydroxylation is 1. The fourth-order valence-corrected chi connectivity index (χ4v) is 1.69. The molecule has 0 saturated carbocycles. The van der Waals surface area contributed by atoms with Gasteiger partial charge in [0, 0.05) is 24.0 Å². The Kier molecular flexibility index (Phi) is 3.52. The van der Waals surface area contributed by atoms with Gasteiger partial charge in [-0.3, -0.25) is 9.89 Å². The van der Waals surface area contributed by atoms with Crippen molar-refractivity contribution in [3.05, 3.63) is 40.7 Å². The lowest BCUT2D eigenvalue weighted by Gasteiger charge is -2.08. The highest BCUT2D eigenvalue weighted by atomic mass is 16.3. The zero-order valence-electron chi connectivity index (χ0n) is 10.8. The van der Waals surface area contributed by atoms with Crippen molar-refractivity contribution < 1.29 is 9.90 Å². The molecular weight excluding hydrogens is 244 g/mol. The molecule has 0 aliphatic rings. The number of benzene rings is 1. The van der Waals surface area contributed by atoms with Crippen molar-refractivity contribution in [1.29, 1.82) is 0 Å². The van der Waals surface area contributed by atoms with Crippen molar-refractivity contribution in [3.8, 4) is 5.75 Å². The Balaban J connectivity index is 2.19. The summed E-state index contributed by atoms with van der Waals surface area (Å²) in [5.41, 5.74) is 8.61. The number of aromatic nitrogens is 2. The van der Waals surface area contributed by atoms with Crippen LogP contribution in [0.5, 0.6) is 5.75 Å². The summed E-state index contributed by atoms with van der Waals surface area (Å²) in [4.78, 5) is 11.9. The van der Waals surface area contributed by atoms with E-state index in [9.17, 15) is 9.90 Å². The quantitative estimate of drug-likeness (QED) is 0.670. The van der Waals surface area contributed by atoms with E-state index in [4.69, 9.17) is 5.73 Å². The van der Waals surface area contributed by atoms with E-state index in [0.29, 0.717) is 17.9 Å². The summed E-state index contributed by atoms with van der Waals surface area (Å²) >= 11 is 0. The summed E-state index contributed by atoms with van der Waals surface area (Å²) in [7, 11) is 0. The van der Waals surface area contributed by atoms with Crippen LogP contribution in [0.3, 0.4) is 0 Å². The molecule has 1 aromatic heterocycles. The van der Waals surface area contributed by atoms with Crippen LogP contribution < -0.4 is 11.1 Å². The monoisotopic (exact) mass is 260 g/mol. The summed E-state index contributed by atoms with van der Waals surface area (Å²) in [6.07, 6.45) is 0. The van der Waals surface area contributed by atoms with Crippen molar-refractivity contribution >= 4 is 11.6 Å². The number of H-pyrrole nitrogens is 1. The molecule has 5 N–H and O–H groups in total. The van der Waals surface area contributed by atoms with Gasteiger partial charge in [0.2, 0.25) is 0 Å². The highest BCUT2D eigenvalue weighted by Crippen LogP contribution is 2.25. The third kappa shape index (κ3) is 2.74. The average molecular weight is 260 g/mol. The minimum atomic E-state index is -0.349. The van der Waals surface area contributed by atoms with Gasteiger partial charge < -0.3 is 16.2 Å². The summed E-state index contributed by atoms with van der Waals surface area (Å²) in [5.74, 6) is -0.196. The van der Waals surface area contributed by atoms with Crippen LogP contribution >= 0.6 is 0 Å². The van der Waals surface area contributed by atoms with Gasteiger partial charge in [0.25, 0.3) is 5.91 Å². The molecule has 0 saturated heterocycles. The van der Waals surface area contributed by atoms with Crippen LogP contribution in [0.4, 0.5) is 5.69 Å². The molecule has 1 amide bonds. The van der Waals surface area contributed by atoms with Crippen LogP contribution in [-0.2, 0) is 6.54 Å². The number of amides is 1. The van der Waals surface area contributed by atoms with Crippen LogP contribution in [0.2, 0.25) is 0 Å². The average Bonchev–Trinajstić information content (AvgIpc) is 2.84. The first-order chi connectivity index (χ1) is 9.01. The molecule has 0 bridgehead atoms. The Morgan fingerprint density at radius 1 is 1.42 bits per heavy atom. The Hall–Kier alpha value is -2.34. The minimum absolute atomic E-state index is 0.153. The Labute approximate surface area is 110 Å². The number of hydrogen-bond acceptors (Lipinski definition) is 4. The van der Waals surface area contributed by atoms with Gasteiger partial charge in [-0.2, -0.15) is 5.10 Å². The number of phenolic OH excluding ortho intramolecular Hbond substituents is 1. The standard InChI is InChI=1S/C13H16N4O2/c1-7-3-9(5-12(18)8(7)2)15-13(19)11-4-10(6-14)16-17-11/h3-5,18H,6,14H2,1-2H3,(H,15,19)(H,16,17). The molecule has 0 radical (unpaired) electrons. The number of nitrogens with zero attached hydrogens (tertiary/aromatic N) is 1. The lowest BCUT2D eigenvalue weighted by molar-refractivity contribution is 0.102. The van der Waals surface area contributed by atoms with E-state index in [1.54, 1.807) is 12.1 Å². The topological polar surface area (TPSA) is 104 Å². The van der Waals surface area contributed by atoms with E-state index >= 15 is 0 Å². The van der Waals surface area contributed by atoms with Crippen molar-refractivity contribution in [2.24, 2.45) is 5.73 Å². The predicted octanol–water partition coefficient (Wildman–Crippen LogP) is 1.44. The van der Waals surface area contributed by atoms with Crippen LogP contribution in [0.1, 0.15) is 27.3 Å². The second-order valence-electron chi connectivity index (χ2n) is 4.37. The van der Waals surface area contributed by atoms with Gasteiger partial charge in [0.1, 0.15) is 5.75 Å². The molecular formula is C13H16N4O2. The molecule has 0 spiro atoms. The van der Waals surface area contributed by atoms with Crippen LogP contribution in [-0.4, -0.2) is 21.2 Å². The second kappa shape index (κ2) is 5.11. The number of aromatic hydroxyl groups is 1. The molecule has 6 heteroatoms. The zero-order valence-corrected chi connectivity index (χ0v) is 10.8. The van der Waals surface area contributed by atoms with Crippen LogP contribution in [0, 0.1) is 13.8 Å². The second-order valence-corrected chi connectivity index (χ2v) is 4.37. The van der Waals surface area contributed by atoms with E-state index in [2.05, 4.69) is 15.5 Å². The highest BCUT2D eigenvalue weighted by molar-refractivity contribution is 6.03. The number of nitrogens with one attached hydrogen (secondary N) is 2. The van der Waals surface area contributed by atoms with E-state index in [1.807, 2.05) is 13.8 Å². The first-order valence-corrected chi connectivity index (χ1v) is 5.87. The number of nitrogens with two attached hydrogens (primary N) is 1. The van der Waals surface area contributed by atoms with E-state index in [-0.39, 0.29) is 17.4 Å².